The molecule has 2 heteroatoms. The molecule has 0 fully saturated rings. The molecule has 48 valence electrons. The van der Waals surface area contributed by atoms with Gasteiger partial charge in [-0.3, -0.25) is 0 Å². The molecule has 0 amide bonds. The van der Waals surface area contributed by atoms with Gasteiger partial charge in [0, 0.05) is 0 Å². The number of hydrogen-bond donors (Lipinski definition) is 2. The molecule has 1 atom stereocenters. The molecule has 0 radical (unpaired) electrons. The zero-order valence-electron chi connectivity index (χ0n) is 5.26. The average molecular weight is 116 g/mol. The van der Waals surface area contributed by atoms with E-state index in [0.29, 0.717) is 0 Å². The minimum absolute atomic E-state index is 0.184. The van der Waals surface area contributed by atoms with Gasteiger partial charge in [-0.15, -0.1) is 0 Å². The molecule has 0 aliphatic carbocycles. The summed E-state index contributed by atoms with van der Waals surface area (Å²) in [6, 6.07) is 0. The van der Waals surface area contributed by atoms with Crippen LogP contribution in [0.15, 0.2) is 11.6 Å². The summed E-state index contributed by atoms with van der Waals surface area (Å²) in [5.41, 5.74) is 0.813. The second-order valence-corrected chi connectivity index (χ2v) is 1.73. The molecule has 8 heavy (non-hydrogen) atoms. The van der Waals surface area contributed by atoms with E-state index < -0.39 is 6.10 Å². The number of allylic oxidation sites excluding steroid dienone is 1. The summed E-state index contributed by atoms with van der Waals surface area (Å²) in [7, 11) is 0. The van der Waals surface area contributed by atoms with Crippen LogP contribution in [0.4, 0.5) is 0 Å². The summed E-state index contributed by atoms with van der Waals surface area (Å²) in [5.74, 6) is 0. The molecule has 0 aromatic carbocycles. The zero-order valence-corrected chi connectivity index (χ0v) is 5.26. The van der Waals surface area contributed by atoms with Gasteiger partial charge in [-0.2, -0.15) is 0 Å². The largest absolute Gasteiger partial charge is 0.393 e. The maximum absolute atomic E-state index is 8.81. The van der Waals surface area contributed by atoms with Gasteiger partial charge in [0.25, 0.3) is 0 Å². The van der Waals surface area contributed by atoms with Gasteiger partial charge in [-0.05, 0) is 19.4 Å². The van der Waals surface area contributed by atoms with Gasteiger partial charge in [0.2, 0.25) is 0 Å². The first kappa shape index (κ1) is 7.66. The summed E-state index contributed by atoms with van der Waals surface area (Å²) in [6.07, 6.45) is 1.11. The highest BCUT2D eigenvalue weighted by molar-refractivity contribution is 5.01. The fourth-order valence-corrected chi connectivity index (χ4v) is 0.336. The highest BCUT2D eigenvalue weighted by atomic mass is 16.3. The van der Waals surface area contributed by atoms with Gasteiger partial charge in [0.05, 0.1) is 12.7 Å². The molecular formula is C6H12O2. The van der Waals surface area contributed by atoms with Crippen LogP contribution in [-0.4, -0.2) is 22.9 Å². The normalized spacial score (nSPS) is 16.2. The van der Waals surface area contributed by atoms with Gasteiger partial charge in [-0.25, -0.2) is 0 Å². The smallest absolute Gasteiger partial charge is 0.0978 e. The Kier molecular flexibility index (Phi) is 3.48. The Hall–Kier alpha value is -0.340. The van der Waals surface area contributed by atoms with E-state index in [1.807, 2.05) is 6.92 Å². The lowest BCUT2D eigenvalue weighted by Crippen LogP contribution is -2.12. The summed E-state index contributed by atoms with van der Waals surface area (Å²) in [4.78, 5) is 0. The van der Waals surface area contributed by atoms with Crippen molar-refractivity contribution in [1.29, 1.82) is 0 Å². The van der Waals surface area contributed by atoms with Crippen molar-refractivity contribution in [1.82, 2.24) is 0 Å². The van der Waals surface area contributed by atoms with Crippen LogP contribution in [-0.2, 0) is 0 Å². The molecular weight excluding hydrogens is 104 g/mol. The topological polar surface area (TPSA) is 40.5 Å². The Morgan fingerprint density at radius 1 is 1.75 bits per heavy atom. The van der Waals surface area contributed by atoms with Crippen molar-refractivity contribution >= 4 is 0 Å². The molecule has 0 aromatic rings. The van der Waals surface area contributed by atoms with Gasteiger partial charge >= 0.3 is 0 Å². The zero-order chi connectivity index (χ0) is 6.57. The Balaban J connectivity index is 3.63. The Morgan fingerprint density at radius 2 is 2.25 bits per heavy atom. The number of hydrogen-bond acceptors (Lipinski definition) is 2. The van der Waals surface area contributed by atoms with Gasteiger partial charge in [0.1, 0.15) is 0 Å². The first-order chi connectivity index (χ1) is 3.72. The highest BCUT2D eigenvalue weighted by Gasteiger charge is 2.00. The molecule has 0 spiro atoms. The van der Waals surface area contributed by atoms with E-state index in [4.69, 9.17) is 10.2 Å². The van der Waals surface area contributed by atoms with Crippen molar-refractivity contribution in [2.75, 3.05) is 6.61 Å². The number of aliphatic hydroxyl groups excluding tert-OH is 2. The third-order valence-corrected chi connectivity index (χ3v) is 1.15. The quantitative estimate of drug-likeness (QED) is 0.509. The minimum atomic E-state index is -0.667. The van der Waals surface area contributed by atoms with Crippen LogP contribution in [0.1, 0.15) is 13.8 Å². The van der Waals surface area contributed by atoms with Crippen LogP contribution < -0.4 is 0 Å². The highest BCUT2D eigenvalue weighted by Crippen LogP contribution is 1.97. The maximum Gasteiger partial charge on any atom is 0.0978 e. The fraction of sp³-hybridized carbons (Fsp3) is 0.667. The van der Waals surface area contributed by atoms with Crippen LogP contribution in [0.25, 0.3) is 0 Å². The summed E-state index contributed by atoms with van der Waals surface area (Å²) in [5, 5.41) is 17.2. The van der Waals surface area contributed by atoms with Gasteiger partial charge < -0.3 is 10.2 Å². The second kappa shape index (κ2) is 3.64. The van der Waals surface area contributed by atoms with E-state index in [9.17, 15) is 0 Å². The summed E-state index contributed by atoms with van der Waals surface area (Å²) < 4.78 is 0. The van der Waals surface area contributed by atoms with Crippen LogP contribution >= 0.6 is 0 Å². The van der Waals surface area contributed by atoms with E-state index in [1.54, 1.807) is 13.0 Å². The molecule has 1 unspecified atom stereocenters. The van der Waals surface area contributed by atoms with E-state index in [0.717, 1.165) is 5.57 Å². The third kappa shape index (κ3) is 2.09. The number of aliphatic hydroxyl groups is 2. The summed E-state index contributed by atoms with van der Waals surface area (Å²) >= 11 is 0. The lowest BCUT2D eigenvalue weighted by atomic mass is 10.2. The fourth-order valence-electron chi connectivity index (χ4n) is 0.336. The maximum atomic E-state index is 8.81. The number of rotatable bonds is 2. The van der Waals surface area contributed by atoms with Crippen molar-refractivity contribution in [2.45, 2.75) is 20.0 Å². The molecule has 2 nitrogen and oxygen atoms in total. The standard InChI is InChI=1S/C6H12O2/c1-3-5(2)6(8)4-7/h3,6-8H,4H2,1-2H3. The predicted molar refractivity (Wildman–Crippen MR) is 32.5 cm³/mol. The predicted octanol–water partition coefficient (Wildman–Crippen LogP) is 0.306. The van der Waals surface area contributed by atoms with Gasteiger partial charge in [-0.1, -0.05) is 6.08 Å². The second-order valence-electron chi connectivity index (χ2n) is 1.73. The van der Waals surface area contributed by atoms with Crippen molar-refractivity contribution in [2.24, 2.45) is 0 Å². The lowest BCUT2D eigenvalue weighted by molar-refractivity contribution is 0.122. The molecule has 0 rings (SSSR count). The van der Waals surface area contributed by atoms with E-state index >= 15 is 0 Å². The molecule has 0 aromatic heterocycles. The Morgan fingerprint density at radius 3 is 2.38 bits per heavy atom. The first-order valence-electron chi connectivity index (χ1n) is 2.64. The minimum Gasteiger partial charge on any atom is -0.393 e. The molecule has 0 aliphatic rings. The van der Waals surface area contributed by atoms with Crippen LogP contribution in [0.3, 0.4) is 0 Å². The van der Waals surface area contributed by atoms with Crippen molar-refractivity contribution in [3.05, 3.63) is 11.6 Å². The van der Waals surface area contributed by atoms with Crippen LogP contribution in [0.2, 0.25) is 0 Å². The first-order valence-corrected chi connectivity index (χ1v) is 2.64. The Bertz CT molecular complexity index is 86.5. The molecule has 0 bridgehead atoms. The molecule has 0 saturated heterocycles. The Labute approximate surface area is 49.5 Å². The lowest BCUT2D eigenvalue weighted by Gasteiger charge is -2.04. The van der Waals surface area contributed by atoms with Gasteiger partial charge in [0.15, 0.2) is 0 Å². The molecule has 0 aliphatic heterocycles. The van der Waals surface area contributed by atoms with E-state index in [-0.39, 0.29) is 6.61 Å². The van der Waals surface area contributed by atoms with Crippen molar-refractivity contribution in [3.8, 4) is 0 Å². The third-order valence-electron chi connectivity index (χ3n) is 1.15. The molecule has 0 heterocycles. The van der Waals surface area contributed by atoms with E-state index in [1.165, 1.54) is 0 Å². The monoisotopic (exact) mass is 116 g/mol. The van der Waals surface area contributed by atoms with Crippen molar-refractivity contribution in [3.63, 3.8) is 0 Å². The average Bonchev–Trinajstić information content (AvgIpc) is 1.84. The molecule has 0 saturated carbocycles. The van der Waals surface area contributed by atoms with Crippen molar-refractivity contribution < 1.29 is 10.2 Å². The van der Waals surface area contributed by atoms with E-state index in [2.05, 4.69) is 0 Å². The molecule has 2 N–H and O–H groups in total. The van der Waals surface area contributed by atoms with Crippen LogP contribution in [0, 0.1) is 0 Å². The summed E-state index contributed by atoms with van der Waals surface area (Å²) in [6.45, 7) is 3.42. The SMILES string of the molecule is CC=C(C)C(O)CO. The van der Waals surface area contributed by atoms with Crippen LogP contribution in [0.5, 0.6) is 0 Å².